The molecule has 0 saturated heterocycles. The van der Waals surface area contributed by atoms with Crippen LogP contribution in [0.5, 0.6) is 5.75 Å². The summed E-state index contributed by atoms with van der Waals surface area (Å²) >= 11 is 0. The van der Waals surface area contributed by atoms with Gasteiger partial charge < -0.3 is 15.8 Å². The van der Waals surface area contributed by atoms with Gasteiger partial charge in [-0.15, -0.1) is 0 Å². The van der Waals surface area contributed by atoms with Crippen LogP contribution < -0.4 is 15.8 Å². The van der Waals surface area contributed by atoms with Crippen LogP contribution in [0.3, 0.4) is 0 Å². The first-order chi connectivity index (χ1) is 9.19. The molecule has 2 aromatic rings. The zero-order valence-electron chi connectivity index (χ0n) is 11.0. The van der Waals surface area contributed by atoms with Crippen molar-refractivity contribution in [3.05, 3.63) is 42.2 Å². The molecule has 1 aromatic carbocycles. The van der Waals surface area contributed by atoms with Crippen molar-refractivity contribution < 1.29 is 4.74 Å². The highest BCUT2D eigenvalue weighted by Crippen LogP contribution is 2.14. The molecule has 0 aliphatic rings. The Hall–Kier alpha value is -2.50. The number of methoxy groups -OCH3 is 1. The molecule has 19 heavy (non-hydrogen) atoms. The first-order valence-electron chi connectivity index (χ1n) is 5.87. The number of anilines is 1. The Bertz CT molecular complexity index is 559. The molecule has 0 saturated carbocycles. The summed E-state index contributed by atoms with van der Waals surface area (Å²) in [6, 6.07) is 9.38. The molecule has 0 fully saturated rings. The number of aromatic nitrogens is 2. The van der Waals surface area contributed by atoms with Crippen LogP contribution in [0.25, 0.3) is 0 Å². The lowest BCUT2D eigenvalue weighted by molar-refractivity contribution is 0.415. The molecule has 2 rings (SSSR count). The van der Waals surface area contributed by atoms with E-state index in [1.54, 1.807) is 18.0 Å². The smallest absolute Gasteiger partial charge is 0.193 e. The highest BCUT2D eigenvalue weighted by Gasteiger charge is 1.99. The van der Waals surface area contributed by atoms with Gasteiger partial charge in [0.25, 0.3) is 0 Å². The Morgan fingerprint density at radius 2 is 2.11 bits per heavy atom. The van der Waals surface area contributed by atoms with Gasteiger partial charge >= 0.3 is 0 Å². The number of aliphatic imine (C=N–C) groups is 1. The van der Waals surface area contributed by atoms with Gasteiger partial charge in [0.05, 0.1) is 19.3 Å². The molecule has 1 heterocycles. The highest BCUT2D eigenvalue weighted by atomic mass is 16.5. The van der Waals surface area contributed by atoms with E-state index in [1.165, 1.54) is 0 Å². The molecule has 1 aromatic heterocycles. The number of nitrogens with zero attached hydrogens (tertiary/aromatic N) is 3. The quantitative estimate of drug-likeness (QED) is 0.642. The van der Waals surface area contributed by atoms with E-state index in [0.29, 0.717) is 12.5 Å². The molecule has 0 unspecified atom stereocenters. The molecule has 0 spiro atoms. The zero-order chi connectivity index (χ0) is 13.7. The monoisotopic (exact) mass is 259 g/mol. The fourth-order valence-electron chi connectivity index (χ4n) is 1.58. The minimum Gasteiger partial charge on any atom is -0.497 e. The summed E-state index contributed by atoms with van der Waals surface area (Å²) in [6.45, 7) is 0.492. The maximum atomic E-state index is 5.82. The average molecular weight is 259 g/mol. The Morgan fingerprint density at radius 3 is 2.68 bits per heavy atom. The van der Waals surface area contributed by atoms with E-state index >= 15 is 0 Å². The molecule has 0 bridgehead atoms. The average Bonchev–Trinajstić information content (AvgIpc) is 2.83. The van der Waals surface area contributed by atoms with Gasteiger partial charge in [-0.25, -0.2) is 4.99 Å². The normalized spacial score (nSPS) is 11.4. The second-order valence-electron chi connectivity index (χ2n) is 4.00. The topological polar surface area (TPSA) is 77.5 Å². The van der Waals surface area contributed by atoms with Gasteiger partial charge in [0, 0.05) is 18.9 Å². The molecule has 0 aliphatic heterocycles. The number of guanidine groups is 1. The molecular weight excluding hydrogens is 242 g/mol. The number of rotatable bonds is 4. The Kier molecular flexibility index (Phi) is 4.02. The molecule has 0 aliphatic carbocycles. The first-order valence-corrected chi connectivity index (χ1v) is 5.87. The molecule has 100 valence electrons. The third kappa shape index (κ3) is 3.48. The summed E-state index contributed by atoms with van der Waals surface area (Å²) in [5.41, 5.74) is 7.69. The molecule has 0 radical (unpaired) electrons. The molecule has 6 heteroatoms. The van der Waals surface area contributed by atoms with Crippen molar-refractivity contribution in [2.75, 3.05) is 12.4 Å². The standard InChI is InChI=1S/C13H17N5O/c1-18-11(7-8-16-18)9-15-13(14)17-10-3-5-12(19-2)6-4-10/h3-8H,9H2,1-2H3,(H3,14,15,17). The summed E-state index contributed by atoms with van der Waals surface area (Å²) in [5.74, 6) is 1.17. The number of hydrogen-bond donors (Lipinski definition) is 2. The fourth-order valence-corrected chi connectivity index (χ4v) is 1.58. The third-order valence-electron chi connectivity index (χ3n) is 2.70. The molecule has 0 amide bonds. The van der Waals surface area contributed by atoms with Crippen LogP contribution >= 0.6 is 0 Å². The lowest BCUT2D eigenvalue weighted by Gasteiger charge is -2.06. The van der Waals surface area contributed by atoms with Crippen LogP contribution in [-0.2, 0) is 13.6 Å². The van der Waals surface area contributed by atoms with Crippen LogP contribution in [0.2, 0.25) is 0 Å². The maximum Gasteiger partial charge on any atom is 0.193 e. The number of nitrogens with two attached hydrogens (primary N) is 1. The summed E-state index contributed by atoms with van der Waals surface area (Å²) in [4.78, 5) is 4.26. The Balaban J connectivity index is 1.96. The van der Waals surface area contributed by atoms with Crippen molar-refractivity contribution >= 4 is 11.6 Å². The summed E-state index contributed by atoms with van der Waals surface area (Å²) < 4.78 is 6.85. The molecular formula is C13H17N5O. The molecule has 6 nitrogen and oxygen atoms in total. The van der Waals surface area contributed by atoms with Gasteiger partial charge in [0.2, 0.25) is 0 Å². The molecule has 3 N–H and O–H groups in total. The van der Waals surface area contributed by atoms with Gasteiger partial charge in [-0.2, -0.15) is 5.10 Å². The minimum atomic E-state index is 0.367. The van der Waals surface area contributed by atoms with E-state index in [2.05, 4.69) is 15.4 Å². The van der Waals surface area contributed by atoms with Crippen molar-refractivity contribution in [2.24, 2.45) is 17.8 Å². The van der Waals surface area contributed by atoms with Crippen LogP contribution in [0, 0.1) is 0 Å². The van der Waals surface area contributed by atoms with Gasteiger partial charge in [-0.3, -0.25) is 4.68 Å². The number of aryl methyl sites for hydroxylation is 1. The lowest BCUT2D eigenvalue weighted by Crippen LogP contribution is -2.22. The minimum absolute atomic E-state index is 0.367. The van der Waals surface area contributed by atoms with Crippen molar-refractivity contribution in [1.29, 1.82) is 0 Å². The second kappa shape index (κ2) is 5.90. The van der Waals surface area contributed by atoms with Crippen molar-refractivity contribution in [2.45, 2.75) is 6.54 Å². The Labute approximate surface area is 111 Å². The van der Waals surface area contributed by atoms with Gasteiger partial charge in [-0.05, 0) is 30.3 Å². The Morgan fingerprint density at radius 1 is 1.37 bits per heavy atom. The second-order valence-corrected chi connectivity index (χ2v) is 4.00. The zero-order valence-corrected chi connectivity index (χ0v) is 11.0. The number of nitrogens with one attached hydrogen (secondary N) is 1. The van der Waals surface area contributed by atoms with Crippen molar-refractivity contribution in [3.8, 4) is 5.75 Å². The van der Waals surface area contributed by atoms with E-state index < -0.39 is 0 Å². The van der Waals surface area contributed by atoms with E-state index in [0.717, 1.165) is 17.1 Å². The highest BCUT2D eigenvalue weighted by molar-refractivity contribution is 5.92. The van der Waals surface area contributed by atoms with Crippen LogP contribution in [0.15, 0.2) is 41.5 Å². The molecule has 0 atom stereocenters. The van der Waals surface area contributed by atoms with E-state index in [1.807, 2.05) is 37.4 Å². The van der Waals surface area contributed by atoms with E-state index in [4.69, 9.17) is 10.5 Å². The predicted octanol–water partition coefficient (Wildman–Crippen LogP) is 1.36. The number of hydrogen-bond acceptors (Lipinski definition) is 3. The summed E-state index contributed by atoms with van der Waals surface area (Å²) in [6.07, 6.45) is 1.73. The van der Waals surface area contributed by atoms with Crippen LogP contribution in [0.4, 0.5) is 5.69 Å². The predicted molar refractivity (Wildman–Crippen MR) is 75.2 cm³/mol. The number of ether oxygens (including phenoxy) is 1. The summed E-state index contributed by atoms with van der Waals surface area (Å²) in [7, 11) is 3.50. The van der Waals surface area contributed by atoms with Crippen LogP contribution in [-0.4, -0.2) is 22.8 Å². The van der Waals surface area contributed by atoms with Crippen LogP contribution in [0.1, 0.15) is 5.69 Å². The number of benzene rings is 1. The lowest BCUT2D eigenvalue weighted by atomic mass is 10.3. The van der Waals surface area contributed by atoms with Crippen molar-refractivity contribution in [1.82, 2.24) is 9.78 Å². The van der Waals surface area contributed by atoms with E-state index in [-0.39, 0.29) is 0 Å². The SMILES string of the molecule is COc1ccc(NC(N)=NCc2ccnn2C)cc1. The fraction of sp³-hybridized carbons (Fsp3) is 0.231. The first kappa shape index (κ1) is 12.9. The summed E-state index contributed by atoms with van der Waals surface area (Å²) in [5, 5.41) is 7.09. The third-order valence-corrected chi connectivity index (χ3v) is 2.70. The largest absolute Gasteiger partial charge is 0.497 e. The van der Waals surface area contributed by atoms with Gasteiger partial charge in [0.1, 0.15) is 5.75 Å². The van der Waals surface area contributed by atoms with Gasteiger partial charge in [0.15, 0.2) is 5.96 Å². The van der Waals surface area contributed by atoms with Crippen molar-refractivity contribution in [3.63, 3.8) is 0 Å². The maximum absolute atomic E-state index is 5.82. The van der Waals surface area contributed by atoms with E-state index in [9.17, 15) is 0 Å². The van der Waals surface area contributed by atoms with Gasteiger partial charge in [-0.1, -0.05) is 0 Å².